The van der Waals surface area contributed by atoms with Crippen LogP contribution in [0.15, 0.2) is 44.9 Å². The van der Waals surface area contributed by atoms with Crippen molar-refractivity contribution in [2.24, 2.45) is 14.1 Å². The molecule has 0 bridgehead atoms. The largest absolute Gasteiger partial charge is 0.434 e. The van der Waals surface area contributed by atoms with E-state index in [-0.39, 0.29) is 11.3 Å². The van der Waals surface area contributed by atoms with E-state index in [0.29, 0.717) is 4.57 Å². The lowest BCUT2D eigenvalue weighted by atomic mass is 10.1. The van der Waals surface area contributed by atoms with Gasteiger partial charge in [0, 0.05) is 31.9 Å². The number of halogens is 2. The van der Waals surface area contributed by atoms with Gasteiger partial charge >= 0.3 is 12.3 Å². The fourth-order valence-corrected chi connectivity index (χ4v) is 3.74. The number of benzene rings is 1. The Hall–Kier alpha value is -2.53. The first kappa shape index (κ1) is 19.8. The third-order valence-corrected chi connectivity index (χ3v) is 5.16. The molecule has 8 nitrogen and oxygen atoms in total. The number of hydrogen-bond donors (Lipinski definition) is 1. The summed E-state index contributed by atoms with van der Waals surface area (Å²) in [4.78, 5) is 23.2. The number of rotatable bonds is 6. The Bertz CT molecular complexity index is 1030. The molecule has 0 spiro atoms. The lowest BCUT2D eigenvalue weighted by molar-refractivity contribution is -0.0506. The lowest BCUT2D eigenvalue weighted by Gasteiger charge is -2.18. The number of aryl methyl sites for hydroxylation is 1. The monoisotopic (exact) mass is 389 g/mol. The summed E-state index contributed by atoms with van der Waals surface area (Å²) < 4.78 is 58.4. The van der Waals surface area contributed by atoms with Gasteiger partial charge in [0.05, 0.1) is 0 Å². The molecule has 0 saturated heterocycles. The van der Waals surface area contributed by atoms with Gasteiger partial charge in [0.15, 0.2) is 4.90 Å². The summed E-state index contributed by atoms with van der Waals surface area (Å²) in [5.74, 6) is -0.189. The Labute approximate surface area is 147 Å². The van der Waals surface area contributed by atoms with E-state index in [1.54, 1.807) is 0 Å². The molecular formula is C15H17F2N3O5S. The van der Waals surface area contributed by atoms with Gasteiger partial charge in [-0.25, -0.2) is 17.9 Å². The second kappa shape index (κ2) is 7.38. The highest BCUT2D eigenvalue weighted by Crippen LogP contribution is 2.27. The summed E-state index contributed by atoms with van der Waals surface area (Å²) in [5.41, 5.74) is -1.51. The second-order valence-corrected chi connectivity index (χ2v) is 7.19. The Kier molecular flexibility index (Phi) is 5.62. The number of para-hydroxylation sites is 1. The van der Waals surface area contributed by atoms with Crippen molar-refractivity contribution in [2.45, 2.75) is 24.5 Å². The molecule has 0 saturated carbocycles. The van der Waals surface area contributed by atoms with Crippen LogP contribution in [-0.2, 0) is 24.1 Å². The fraction of sp³-hybridized carbons (Fsp3) is 0.333. The summed E-state index contributed by atoms with van der Waals surface area (Å²) in [6.45, 7) is -1.66. The van der Waals surface area contributed by atoms with E-state index in [4.69, 9.17) is 0 Å². The average Bonchev–Trinajstić information content (AvgIpc) is 2.55. The van der Waals surface area contributed by atoms with Crippen molar-refractivity contribution in [3.63, 3.8) is 0 Å². The van der Waals surface area contributed by atoms with Crippen molar-refractivity contribution < 1.29 is 21.9 Å². The third-order valence-electron chi connectivity index (χ3n) is 3.64. The first-order valence-electron chi connectivity index (χ1n) is 7.37. The van der Waals surface area contributed by atoms with Crippen molar-refractivity contribution >= 4 is 10.0 Å². The van der Waals surface area contributed by atoms with Crippen LogP contribution in [0.4, 0.5) is 8.78 Å². The molecule has 0 radical (unpaired) electrons. The van der Waals surface area contributed by atoms with Crippen LogP contribution < -0.4 is 20.7 Å². The summed E-state index contributed by atoms with van der Waals surface area (Å²) >= 11 is 0. The van der Waals surface area contributed by atoms with Crippen molar-refractivity contribution in [3.8, 4) is 5.75 Å². The molecule has 1 unspecified atom stereocenters. The van der Waals surface area contributed by atoms with Crippen LogP contribution in [0.1, 0.15) is 18.5 Å². The minimum atomic E-state index is -4.33. The maximum atomic E-state index is 12.6. The molecule has 2 aromatic rings. The number of aromatic nitrogens is 2. The molecule has 0 fully saturated rings. The fourth-order valence-electron chi connectivity index (χ4n) is 2.36. The molecule has 11 heteroatoms. The zero-order valence-electron chi connectivity index (χ0n) is 14.1. The van der Waals surface area contributed by atoms with Crippen LogP contribution >= 0.6 is 0 Å². The quantitative estimate of drug-likeness (QED) is 0.785. The molecule has 1 atom stereocenters. The molecule has 1 N–H and O–H groups in total. The van der Waals surface area contributed by atoms with Gasteiger partial charge in [-0.15, -0.1) is 0 Å². The molecule has 0 amide bonds. The van der Waals surface area contributed by atoms with Gasteiger partial charge in [-0.2, -0.15) is 8.78 Å². The Morgan fingerprint density at radius 3 is 2.38 bits per heavy atom. The van der Waals surface area contributed by atoms with Gasteiger partial charge < -0.3 is 9.30 Å². The zero-order chi connectivity index (χ0) is 19.6. The van der Waals surface area contributed by atoms with E-state index in [1.165, 1.54) is 38.2 Å². The van der Waals surface area contributed by atoms with E-state index in [0.717, 1.165) is 17.8 Å². The van der Waals surface area contributed by atoms with E-state index in [2.05, 4.69) is 9.46 Å². The molecule has 0 aliphatic heterocycles. The van der Waals surface area contributed by atoms with E-state index in [1.807, 2.05) is 0 Å². The number of nitrogens with one attached hydrogen (secondary N) is 1. The first-order valence-corrected chi connectivity index (χ1v) is 8.85. The second-order valence-electron chi connectivity index (χ2n) is 5.51. The van der Waals surface area contributed by atoms with Gasteiger partial charge in [-0.3, -0.25) is 9.36 Å². The number of alkyl halides is 2. The molecule has 142 valence electrons. The van der Waals surface area contributed by atoms with E-state index < -0.39 is 38.8 Å². The minimum Gasteiger partial charge on any atom is -0.434 e. The van der Waals surface area contributed by atoms with Crippen LogP contribution in [0, 0.1) is 0 Å². The number of nitrogens with zero attached hydrogens (tertiary/aromatic N) is 2. The van der Waals surface area contributed by atoms with Crippen LogP contribution in [0.2, 0.25) is 0 Å². The van der Waals surface area contributed by atoms with Crippen LogP contribution in [0.5, 0.6) is 5.75 Å². The molecule has 26 heavy (non-hydrogen) atoms. The van der Waals surface area contributed by atoms with Crippen molar-refractivity contribution in [2.75, 3.05) is 0 Å². The van der Waals surface area contributed by atoms with Gasteiger partial charge in [0.2, 0.25) is 10.0 Å². The Balaban J connectivity index is 2.43. The SMILES string of the molecule is CC(NS(=O)(=O)c1cn(C)c(=O)n(C)c1=O)c1ccccc1OC(F)F. The molecule has 1 aromatic heterocycles. The maximum absolute atomic E-state index is 12.6. The number of hydrogen-bond acceptors (Lipinski definition) is 5. The number of sulfonamides is 1. The minimum absolute atomic E-state index is 0.165. The Morgan fingerprint density at radius 1 is 1.15 bits per heavy atom. The standard InChI is InChI=1S/C15H17F2N3O5S/c1-9(10-6-4-5-7-11(10)25-14(16)17)18-26(23,24)12-8-19(2)15(22)20(3)13(12)21/h4-9,14,18H,1-3H3. The highest BCUT2D eigenvalue weighted by atomic mass is 32.2. The first-order chi connectivity index (χ1) is 12.0. The van der Waals surface area contributed by atoms with Gasteiger partial charge in [0.1, 0.15) is 5.75 Å². The zero-order valence-corrected chi connectivity index (χ0v) is 15.0. The molecule has 0 aliphatic rings. The predicted molar refractivity (Wildman–Crippen MR) is 88.7 cm³/mol. The summed E-state index contributed by atoms with van der Waals surface area (Å²) in [5, 5.41) is 0. The summed E-state index contributed by atoms with van der Waals surface area (Å²) in [7, 11) is -1.88. The highest BCUT2D eigenvalue weighted by molar-refractivity contribution is 7.89. The van der Waals surface area contributed by atoms with Gasteiger partial charge in [0.25, 0.3) is 5.56 Å². The van der Waals surface area contributed by atoms with Crippen molar-refractivity contribution in [1.29, 1.82) is 0 Å². The third kappa shape index (κ3) is 3.99. The van der Waals surface area contributed by atoms with E-state index >= 15 is 0 Å². The van der Waals surface area contributed by atoms with E-state index in [9.17, 15) is 26.8 Å². The van der Waals surface area contributed by atoms with Crippen molar-refractivity contribution in [1.82, 2.24) is 13.9 Å². The smallest absolute Gasteiger partial charge is 0.387 e. The summed E-state index contributed by atoms with van der Waals surface area (Å²) in [6.07, 6.45) is 0.904. The molecule has 1 heterocycles. The van der Waals surface area contributed by atoms with Gasteiger partial charge in [-0.05, 0) is 13.0 Å². The maximum Gasteiger partial charge on any atom is 0.387 e. The summed E-state index contributed by atoms with van der Waals surface area (Å²) in [6, 6.07) is 4.72. The topological polar surface area (TPSA) is 99.4 Å². The average molecular weight is 389 g/mol. The number of ether oxygens (including phenoxy) is 1. The van der Waals surface area contributed by atoms with Crippen LogP contribution in [0.3, 0.4) is 0 Å². The van der Waals surface area contributed by atoms with Crippen LogP contribution in [0.25, 0.3) is 0 Å². The molecule has 2 rings (SSSR count). The lowest BCUT2D eigenvalue weighted by Crippen LogP contribution is -2.41. The molecule has 1 aromatic carbocycles. The van der Waals surface area contributed by atoms with Gasteiger partial charge in [-0.1, -0.05) is 18.2 Å². The molecular weight excluding hydrogens is 372 g/mol. The van der Waals surface area contributed by atoms with Crippen LogP contribution in [-0.4, -0.2) is 24.2 Å². The highest BCUT2D eigenvalue weighted by Gasteiger charge is 2.25. The molecule has 0 aliphatic carbocycles. The normalized spacial score (nSPS) is 13.0. The van der Waals surface area contributed by atoms with Crippen molar-refractivity contribution in [3.05, 3.63) is 56.9 Å². The predicted octanol–water partition coefficient (Wildman–Crippen LogP) is 0.725. The Morgan fingerprint density at radius 2 is 1.77 bits per heavy atom.